The Balaban J connectivity index is 0. The fraction of sp³-hybridized carbons (Fsp3) is 0.900. The maximum Gasteiger partial charge on any atom is 0.302 e. The molecule has 0 saturated heterocycles. The molecule has 0 rings (SSSR count). The van der Waals surface area contributed by atoms with Crippen molar-refractivity contribution in [3.05, 3.63) is 0 Å². The van der Waals surface area contributed by atoms with E-state index in [-0.39, 0.29) is 30.9 Å². The molecule has 0 aromatic heterocycles. The van der Waals surface area contributed by atoms with E-state index in [4.69, 9.17) is 14.2 Å². The van der Waals surface area contributed by atoms with E-state index in [1.54, 1.807) is 0 Å². The molecule has 0 saturated carbocycles. The quantitative estimate of drug-likeness (QED) is 0.547. The molecule has 0 aromatic rings. The zero-order valence-electron chi connectivity index (χ0n) is 10.3. The van der Waals surface area contributed by atoms with Crippen LogP contribution in [0.15, 0.2) is 0 Å². The molecule has 3 N–H and O–H groups in total. The Bertz CT molecular complexity index is 161. The summed E-state index contributed by atoms with van der Waals surface area (Å²) in [6, 6.07) is 0. The molecular weight excluding hydrogens is 198 g/mol. The molecule has 0 bridgehead atoms. The standard InChI is InChI=1S/C10H20O4.H3N/c1-7(2)13-10(14-8(3)4)6-12-9(5)11;/h7-8,10H,6H2,1-5H3;1H3. The summed E-state index contributed by atoms with van der Waals surface area (Å²) in [5.74, 6) is -0.324. The number of ether oxygens (including phenoxy) is 3. The second-order valence-electron chi connectivity index (χ2n) is 3.60. The van der Waals surface area contributed by atoms with Crippen molar-refractivity contribution in [2.24, 2.45) is 0 Å². The fourth-order valence-electron chi connectivity index (χ4n) is 0.903. The highest BCUT2D eigenvalue weighted by Gasteiger charge is 2.14. The number of rotatable bonds is 6. The van der Waals surface area contributed by atoms with Crippen molar-refractivity contribution in [2.45, 2.75) is 53.1 Å². The van der Waals surface area contributed by atoms with E-state index >= 15 is 0 Å². The van der Waals surface area contributed by atoms with Crippen LogP contribution in [-0.4, -0.2) is 31.1 Å². The van der Waals surface area contributed by atoms with Crippen LogP contribution in [0.5, 0.6) is 0 Å². The van der Waals surface area contributed by atoms with Gasteiger partial charge in [0, 0.05) is 6.92 Å². The van der Waals surface area contributed by atoms with Crippen LogP contribution in [0.4, 0.5) is 0 Å². The molecule has 15 heavy (non-hydrogen) atoms. The Labute approximate surface area is 91.7 Å². The Morgan fingerprint density at radius 1 is 1.07 bits per heavy atom. The summed E-state index contributed by atoms with van der Waals surface area (Å²) in [7, 11) is 0. The summed E-state index contributed by atoms with van der Waals surface area (Å²) >= 11 is 0. The Morgan fingerprint density at radius 3 is 1.73 bits per heavy atom. The normalized spacial score (nSPS) is 10.7. The van der Waals surface area contributed by atoms with Gasteiger partial charge >= 0.3 is 5.97 Å². The predicted octanol–water partition coefficient (Wildman–Crippen LogP) is 1.89. The van der Waals surface area contributed by atoms with Gasteiger partial charge in [0.1, 0.15) is 6.61 Å². The average Bonchev–Trinajstić information content (AvgIpc) is 1.97. The van der Waals surface area contributed by atoms with E-state index in [1.165, 1.54) is 6.92 Å². The number of hydrogen-bond donors (Lipinski definition) is 1. The highest BCUT2D eigenvalue weighted by atomic mass is 16.7. The third-order valence-electron chi connectivity index (χ3n) is 1.27. The third kappa shape index (κ3) is 11.3. The molecular formula is C10H23NO4. The van der Waals surface area contributed by atoms with Gasteiger partial charge in [-0.1, -0.05) is 0 Å². The Morgan fingerprint density at radius 2 is 1.47 bits per heavy atom. The van der Waals surface area contributed by atoms with E-state index in [0.29, 0.717) is 0 Å². The molecule has 0 radical (unpaired) electrons. The minimum absolute atomic E-state index is 0. The van der Waals surface area contributed by atoms with Crippen molar-refractivity contribution in [3.63, 3.8) is 0 Å². The van der Waals surface area contributed by atoms with E-state index in [9.17, 15) is 4.79 Å². The summed E-state index contributed by atoms with van der Waals surface area (Å²) < 4.78 is 15.6. The molecule has 5 heteroatoms. The largest absolute Gasteiger partial charge is 0.460 e. The number of carbonyl (C=O) groups excluding carboxylic acids is 1. The van der Waals surface area contributed by atoms with Gasteiger partial charge in [-0.25, -0.2) is 0 Å². The monoisotopic (exact) mass is 221 g/mol. The summed E-state index contributed by atoms with van der Waals surface area (Å²) in [5, 5.41) is 0. The lowest BCUT2D eigenvalue weighted by atomic mass is 10.4. The lowest BCUT2D eigenvalue weighted by Gasteiger charge is -2.22. The molecule has 0 heterocycles. The molecule has 0 aliphatic heterocycles. The Hall–Kier alpha value is -0.650. The topological polar surface area (TPSA) is 79.8 Å². The zero-order chi connectivity index (χ0) is 11.1. The van der Waals surface area contributed by atoms with Crippen molar-refractivity contribution >= 4 is 5.97 Å². The third-order valence-corrected chi connectivity index (χ3v) is 1.27. The van der Waals surface area contributed by atoms with Crippen molar-refractivity contribution in [1.82, 2.24) is 6.15 Å². The van der Waals surface area contributed by atoms with Crippen LogP contribution in [0.3, 0.4) is 0 Å². The summed E-state index contributed by atoms with van der Waals surface area (Å²) in [4.78, 5) is 10.6. The van der Waals surface area contributed by atoms with Crippen LogP contribution in [0.2, 0.25) is 0 Å². The predicted molar refractivity (Wildman–Crippen MR) is 57.9 cm³/mol. The van der Waals surface area contributed by atoms with Gasteiger partial charge in [0.05, 0.1) is 12.2 Å². The van der Waals surface area contributed by atoms with Gasteiger partial charge in [-0.2, -0.15) is 0 Å². The fourth-order valence-corrected chi connectivity index (χ4v) is 0.903. The summed E-state index contributed by atoms with van der Waals surface area (Å²) in [5.41, 5.74) is 0. The van der Waals surface area contributed by atoms with Crippen LogP contribution < -0.4 is 6.15 Å². The van der Waals surface area contributed by atoms with Gasteiger partial charge in [0.2, 0.25) is 0 Å². The van der Waals surface area contributed by atoms with Gasteiger partial charge in [0.15, 0.2) is 6.29 Å². The highest BCUT2D eigenvalue weighted by Crippen LogP contribution is 2.04. The minimum Gasteiger partial charge on any atom is -0.460 e. The van der Waals surface area contributed by atoms with E-state index in [2.05, 4.69) is 0 Å². The van der Waals surface area contributed by atoms with Gasteiger partial charge in [0.25, 0.3) is 0 Å². The molecule has 0 aliphatic carbocycles. The highest BCUT2D eigenvalue weighted by molar-refractivity contribution is 5.65. The van der Waals surface area contributed by atoms with E-state index in [1.807, 2.05) is 27.7 Å². The van der Waals surface area contributed by atoms with Crippen molar-refractivity contribution < 1.29 is 19.0 Å². The van der Waals surface area contributed by atoms with Crippen molar-refractivity contribution in [2.75, 3.05) is 6.61 Å². The first-order chi connectivity index (χ1) is 6.41. The van der Waals surface area contributed by atoms with E-state index < -0.39 is 6.29 Å². The maximum atomic E-state index is 10.6. The van der Waals surface area contributed by atoms with Crippen molar-refractivity contribution in [1.29, 1.82) is 0 Å². The number of hydrogen-bond acceptors (Lipinski definition) is 5. The van der Waals surface area contributed by atoms with E-state index in [0.717, 1.165) is 0 Å². The van der Waals surface area contributed by atoms with Crippen molar-refractivity contribution in [3.8, 4) is 0 Å². The second kappa shape index (κ2) is 8.64. The van der Waals surface area contributed by atoms with Gasteiger partial charge < -0.3 is 20.4 Å². The smallest absolute Gasteiger partial charge is 0.302 e. The summed E-state index contributed by atoms with van der Waals surface area (Å²) in [6.07, 6.45) is -0.373. The van der Waals surface area contributed by atoms with Crippen LogP contribution in [0.1, 0.15) is 34.6 Å². The molecule has 5 nitrogen and oxygen atoms in total. The lowest BCUT2D eigenvalue weighted by Crippen LogP contribution is -2.29. The lowest BCUT2D eigenvalue weighted by molar-refractivity contribution is -0.206. The molecule has 0 atom stereocenters. The zero-order valence-corrected chi connectivity index (χ0v) is 10.3. The average molecular weight is 221 g/mol. The van der Waals surface area contributed by atoms with Crippen LogP contribution in [0, 0.1) is 0 Å². The maximum absolute atomic E-state index is 10.6. The van der Waals surface area contributed by atoms with Crippen LogP contribution in [0.25, 0.3) is 0 Å². The number of esters is 1. The molecule has 92 valence electrons. The Kier molecular flexibility index (Phi) is 9.66. The first kappa shape index (κ1) is 16.8. The molecule has 0 amide bonds. The van der Waals surface area contributed by atoms with Gasteiger partial charge in [-0.05, 0) is 27.7 Å². The number of carbonyl (C=O) groups is 1. The SMILES string of the molecule is CC(=O)OCC(OC(C)C)OC(C)C.N. The first-order valence-corrected chi connectivity index (χ1v) is 4.86. The minimum atomic E-state index is -0.473. The first-order valence-electron chi connectivity index (χ1n) is 4.86. The molecule has 0 spiro atoms. The summed E-state index contributed by atoms with van der Waals surface area (Å²) in [6.45, 7) is 9.14. The molecule has 0 fully saturated rings. The van der Waals surface area contributed by atoms with Gasteiger partial charge in [-0.15, -0.1) is 0 Å². The molecule has 0 unspecified atom stereocenters. The van der Waals surface area contributed by atoms with Crippen LogP contribution >= 0.6 is 0 Å². The molecule has 0 aliphatic rings. The van der Waals surface area contributed by atoms with Gasteiger partial charge in [-0.3, -0.25) is 4.79 Å². The van der Waals surface area contributed by atoms with Crippen LogP contribution in [-0.2, 0) is 19.0 Å². The second-order valence-corrected chi connectivity index (χ2v) is 3.60. The molecule has 0 aromatic carbocycles.